The average Bonchev–Trinajstić information content (AvgIpc) is 3.41. The minimum atomic E-state index is 0.250. The molecule has 1 aromatic carbocycles. The quantitative estimate of drug-likeness (QED) is 0.629. The molecule has 1 atom stereocenters. The first-order valence-corrected chi connectivity index (χ1v) is 10.7. The molecule has 3 aliphatic heterocycles. The SMILES string of the molecule is Nc1nc2c3c(n1)N(Cc1ncc(-c4ccc5c(c4)OCO5)s1)NC3CCS2. The number of benzene rings is 1. The Hall–Kier alpha value is -2.56. The number of thiazole rings is 1. The summed E-state index contributed by atoms with van der Waals surface area (Å²) in [5, 5.41) is 4.04. The number of ether oxygens (including phenoxy) is 2. The molecule has 0 aliphatic carbocycles. The van der Waals surface area contributed by atoms with E-state index >= 15 is 0 Å². The zero-order chi connectivity index (χ0) is 18.7. The van der Waals surface area contributed by atoms with Gasteiger partial charge in [-0.25, -0.2) is 15.4 Å². The number of anilines is 2. The summed E-state index contributed by atoms with van der Waals surface area (Å²) in [6, 6.07) is 6.22. The van der Waals surface area contributed by atoms with Crippen molar-refractivity contribution in [3.05, 3.63) is 35.0 Å². The summed E-state index contributed by atoms with van der Waals surface area (Å²) in [7, 11) is 0. The van der Waals surface area contributed by atoms with Gasteiger partial charge in [0.2, 0.25) is 12.7 Å². The first-order valence-electron chi connectivity index (χ1n) is 8.93. The molecule has 142 valence electrons. The lowest BCUT2D eigenvalue weighted by atomic mass is 10.1. The Morgan fingerprint density at radius 1 is 1.25 bits per heavy atom. The third-order valence-corrected chi connectivity index (χ3v) is 7.03. The van der Waals surface area contributed by atoms with Gasteiger partial charge in [-0.05, 0) is 30.2 Å². The zero-order valence-electron chi connectivity index (χ0n) is 14.7. The molecule has 0 saturated carbocycles. The van der Waals surface area contributed by atoms with Gasteiger partial charge in [-0.1, -0.05) is 0 Å². The lowest BCUT2D eigenvalue weighted by Crippen LogP contribution is -2.34. The van der Waals surface area contributed by atoms with E-state index in [-0.39, 0.29) is 12.8 Å². The molecule has 10 heteroatoms. The van der Waals surface area contributed by atoms with Crippen LogP contribution in [0.15, 0.2) is 29.4 Å². The van der Waals surface area contributed by atoms with Crippen LogP contribution >= 0.6 is 23.1 Å². The van der Waals surface area contributed by atoms with Crippen LogP contribution in [0.2, 0.25) is 0 Å². The van der Waals surface area contributed by atoms with Crippen LogP contribution < -0.4 is 25.6 Å². The second-order valence-corrected chi connectivity index (χ2v) is 8.91. The third kappa shape index (κ3) is 2.60. The summed E-state index contributed by atoms with van der Waals surface area (Å²) in [5.74, 6) is 3.78. The molecule has 0 bridgehead atoms. The van der Waals surface area contributed by atoms with Crippen molar-refractivity contribution in [3.8, 4) is 21.9 Å². The van der Waals surface area contributed by atoms with E-state index in [1.807, 2.05) is 24.4 Å². The Morgan fingerprint density at radius 2 is 2.18 bits per heavy atom. The number of nitrogens with zero attached hydrogens (tertiary/aromatic N) is 4. The molecule has 5 heterocycles. The molecule has 3 aromatic rings. The maximum absolute atomic E-state index is 5.93. The Morgan fingerprint density at radius 3 is 3.14 bits per heavy atom. The molecule has 3 aliphatic rings. The second-order valence-electron chi connectivity index (χ2n) is 6.72. The normalized spacial score (nSPS) is 19.1. The molecule has 0 radical (unpaired) electrons. The average molecular weight is 413 g/mol. The molecular weight excluding hydrogens is 396 g/mol. The summed E-state index contributed by atoms with van der Waals surface area (Å²) in [6.07, 6.45) is 2.95. The predicted molar refractivity (Wildman–Crippen MR) is 108 cm³/mol. The maximum Gasteiger partial charge on any atom is 0.231 e. The molecule has 0 spiro atoms. The number of hydrogen-bond acceptors (Lipinski definition) is 10. The fraction of sp³-hybridized carbons (Fsp3) is 0.278. The van der Waals surface area contributed by atoms with Gasteiger partial charge in [0.25, 0.3) is 0 Å². The number of hydrogen-bond donors (Lipinski definition) is 2. The number of rotatable bonds is 3. The van der Waals surface area contributed by atoms with Crippen molar-refractivity contribution in [2.24, 2.45) is 0 Å². The highest BCUT2D eigenvalue weighted by molar-refractivity contribution is 7.99. The van der Waals surface area contributed by atoms with Crippen LogP contribution in [-0.2, 0) is 6.54 Å². The third-order valence-electron chi connectivity index (χ3n) is 4.97. The molecule has 6 rings (SSSR count). The van der Waals surface area contributed by atoms with Gasteiger partial charge in [-0.15, -0.1) is 23.1 Å². The van der Waals surface area contributed by atoms with E-state index in [0.29, 0.717) is 12.5 Å². The van der Waals surface area contributed by atoms with E-state index in [1.54, 1.807) is 23.1 Å². The van der Waals surface area contributed by atoms with E-state index in [2.05, 4.69) is 25.4 Å². The van der Waals surface area contributed by atoms with Crippen LogP contribution in [0.3, 0.4) is 0 Å². The summed E-state index contributed by atoms with van der Waals surface area (Å²) in [4.78, 5) is 14.6. The fourth-order valence-electron chi connectivity index (χ4n) is 3.69. The molecule has 28 heavy (non-hydrogen) atoms. The fourth-order valence-corrected chi connectivity index (χ4v) is 5.69. The number of nitrogens with two attached hydrogens (primary N) is 1. The maximum atomic E-state index is 5.93. The molecule has 0 amide bonds. The first kappa shape index (κ1) is 16.4. The number of thioether (sulfide) groups is 1. The van der Waals surface area contributed by atoms with Gasteiger partial charge in [0.1, 0.15) is 10.0 Å². The van der Waals surface area contributed by atoms with E-state index in [9.17, 15) is 0 Å². The van der Waals surface area contributed by atoms with Crippen molar-refractivity contribution in [3.63, 3.8) is 0 Å². The molecule has 2 aromatic heterocycles. The number of nitrogens with one attached hydrogen (secondary N) is 1. The monoisotopic (exact) mass is 412 g/mol. The van der Waals surface area contributed by atoms with Crippen molar-refractivity contribution >= 4 is 34.9 Å². The zero-order valence-corrected chi connectivity index (χ0v) is 16.3. The van der Waals surface area contributed by atoms with Crippen molar-refractivity contribution in [1.29, 1.82) is 0 Å². The number of fused-ring (bicyclic) bond motifs is 1. The minimum Gasteiger partial charge on any atom is -0.454 e. The molecule has 3 N–H and O–H groups in total. The van der Waals surface area contributed by atoms with Crippen molar-refractivity contribution < 1.29 is 9.47 Å². The first-order chi connectivity index (χ1) is 13.7. The summed E-state index contributed by atoms with van der Waals surface area (Å²) in [5.41, 5.74) is 11.7. The van der Waals surface area contributed by atoms with Crippen LogP contribution in [-0.4, -0.2) is 27.5 Å². The van der Waals surface area contributed by atoms with E-state index < -0.39 is 0 Å². The largest absolute Gasteiger partial charge is 0.454 e. The highest BCUT2D eigenvalue weighted by Crippen LogP contribution is 2.44. The summed E-state index contributed by atoms with van der Waals surface area (Å²) >= 11 is 3.40. The standard InChI is InChI=1S/C18H16N6O2S2/c19-18-21-16-15-10(3-4-27-17(15)22-18)23-24(16)7-14-20-6-13(28-14)9-1-2-11-12(5-9)26-8-25-11/h1-2,5-6,10,23H,3-4,7-8H2,(H2,19,21,22). The predicted octanol–water partition coefficient (Wildman–Crippen LogP) is 2.97. The van der Waals surface area contributed by atoms with Crippen LogP contribution in [0.5, 0.6) is 11.5 Å². The summed E-state index contributed by atoms with van der Waals surface area (Å²) in [6.45, 7) is 0.901. The minimum absolute atomic E-state index is 0.250. The van der Waals surface area contributed by atoms with Gasteiger partial charge in [0.15, 0.2) is 17.3 Å². The van der Waals surface area contributed by atoms with Crippen LogP contribution in [0, 0.1) is 0 Å². The number of nitrogen functional groups attached to an aromatic ring is 1. The Bertz CT molecular complexity index is 1090. The lowest BCUT2D eigenvalue weighted by Gasteiger charge is -2.19. The van der Waals surface area contributed by atoms with Gasteiger partial charge >= 0.3 is 0 Å². The Kier molecular flexibility index (Phi) is 3.65. The molecule has 8 nitrogen and oxygen atoms in total. The van der Waals surface area contributed by atoms with E-state index in [4.69, 9.17) is 15.2 Å². The molecule has 0 fully saturated rings. The number of aromatic nitrogens is 3. The van der Waals surface area contributed by atoms with Gasteiger partial charge in [-0.3, -0.25) is 5.01 Å². The van der Waals surface area contributed by atoms with Gasteiger partial charge in [0, 0.05) is 17.5 Å². The highest BCUT2D eigenvalue weighted by Gasteiger charge is 2.36. The van der Waals surface area contributed by atoms with Gasteiger partial charge < -0.3 is 15.2 Å². The van der Waals surface area contributed by atoms with Crippen LogP contribution in [0.4, 0.5) is 11.8 Å². The van der Waals surface area contributed by atoms with E-state index in [0.717, 1.165) is 55.5 Å². The topological polar surface area (TPSA) is 98.4 Å². The van der Waals surface area contributed by atoms with Gasteiger partial charge in [0.05, 0.1) is 17.5 Å². The van der Waals surface area contributed by atoms with Crippen molar-refractivity contribution in [2.75, 3.05) is 23.3 Å². The van der Waals surface area contributed by atoms with Crippen LogP contribution in [0.1, 0.15) is 23.0 Å². The number of hydrazine groups is 1. The second kappa shape index (κ2) is 6.23. The van der Waals surface area contributed by atoms with E-state index in [1.165, 1.54) is 0 Å². The van der Waals surface area contributed by atoms with Gasteiger partial charge in [-0.2, -0.15) is 4.98 Å². The Labute approximate surface area is 169 Å². The lowest BCUT2D eigenvalue weighted by molar-refractivity contribution is 0.174. The molecular formula is C18H16N6O2S2. The van der Waals surface area contributed by atoms with Crippen LogP contribution in [0.25, 0.3) is 10.4 Å². The molecule has 1 unspecified atom stereocenters. The Balaban J connectivity index is 1.28. The smallest absolute Gasteiger partial charge is 0.231 e. The summed E-state index contributed by atoms with van der Waals surface area (Å²) < 4.78 is 10.9. The van der Waals surface area contributed by atoms with Crippen molar-refractivity contribution in [1.82, 2.24) is 20.4 Å². The highest BCUT2D eigenvalue weighted by atomic mass is 32.2. The molecule has 0 saturated heterocycles. The van der Waals surface area contributed by atoms with Crippen molar-refractivity contribution in [2.45, 2.75) is 24.0 Å².